The Morgan fingerprint density at radius 2 is 1.75 bits per heavy atom. The van der Waals surface area contributed by atoms with Crippen LogP contribution < -0.4 is 4.74 Å². The highest BCUT2D eigenvalue weighted by molar-refractivity contribution is 5.84. The molecule has 2 fully saturated rings. The number of carboxylic acid groups (broad SMARTS) is 1. The summed E-state index contributed by atoms with van der Waals surface area (Å²) < 4.78 is 8.34. The van der Waals surface area contributed by atoms with Crippen molar-refractivity contribution in [2.24, 2.45) is 10.8 Å². The lowest BCUT2D eigenvalue weighted by Gasteiger charge is -2.33. The predicted molar refractivity (Wildman–Crippen MR) is 151 cm³/mol. The third kappa shape index (κ3) is 4.24. The third-order valence-electron chi connectivity index (χ3n) is 9.55. The summed E-state index contributed by atoms with van der Waals surface area (Å²) in [5.41, 5.74) is 3.69. The first-order valence-corrected chi connectivity index (χ1v) is 14.2. The molecule has 0 radical (unpaired) electrons. The van der Waals surface area contributed by atoms with E-state index in [1.807, 2.05) is 59.6 Å². The highest BCUT2D eigenvalue weighted by atomic mass is 16.5. The number of hydrogen-bond donors (Lipinski definition) is 1. The van der Waals surface area contributed by atoms with Gasteiger partial charge in [0.15, 0.2) is 0 Å². The molecule has 7 nitrogen and oxygen atoms in total. The van der Waals surface area contributed by atoms with Gasteiger partial charge >= 0.3 is 5.97 Å². The molecule has 7 rings (SSSR count). The third-order valence-corrected chi connectivity index (χ3v) is 9.55. The molecule has 2 bridgehead atoms. The maximum absolute atomic E-state index is 13.7. The molecule has 2 aromatic carbocycles. The van der Waals surface area contributed by atoms with Gasteiger partial charge in [0.1, 0.15) is 17.1 Å². The van der Waals surface area contributed by atoms with Crippen LogP contribution in [0.15, 0.2) is 72.9 Å². The van der Waals surface area contributed by atoms with E-state index in [1.165, 1.54) is 5.56 Å². The Morgan fingerprint density at radius 3 is 2.52 bits per heavy atom. The highest BCUT2D eigenvalue weighted by Gasteiger charge is 2.58. The van der Waals surface area contributed by atoms with Crippen LogP contribution in [-0.2, 0) is 29.1 Å². The van der Waals surface area contributed by atoms with E-state index in [4.69, 9.17) is 9.72 Å². The fourth-order valence-electron chi connectivity index (χ4n) is 7.45. The molecule has 1 N–H and O–H groups in total. The van der Waals surface area contributed by atoms with Crippen LogP contribution in [-0.4, -0.2) is 38.0 Å². The van der Waals surface area contributed by atoms with E-state index in [2.05, 4.69) is 22.8 Å². The number of carbonyl (C=O) groups excluding carboxylic acids is 1. The molecule has 0 spiro atoms. The van der Waals surface area contributed by atoms with Crippen molar-refractivity contribution in [1.29, 1.82) is 0 Å². The number of pyridine rings is 1. The number of carboxylic acids is 1. The van der Waals surface area contributed by atoms with E-state index in [9.17, 15) is 14.7 Å². The van der Waals surface area contributed by atoms with Gasteiger partial charge in [0, 0.05) is 36.8 Å². The average molecular weight is 536 g/mol. The van der Waals surface area contributed by atoms with Gasteiger partial charge < -0.3 is 19.3 Å². The molecule has 1 aliphatic heterocycles. The lowest BCUT2D eigenvalue weighted by molar-refractivity contribution is -0.148. The van der Waals surface area contributed by atoms with Crippen LogP contribution in [0, 0.1) is 10.8 Å². The van der Waals surface area contributed by atoms with E-state index in [1.54, 1.807) is 0 Å². The topological polar surface area (TPSA) is 84.7 Å². The van der Waals surface area contributed by atoms with Gasteiger partial charge in [-0.1, -0.05) is 30.3 Å². The molecular weight excluding hydrogens is 502 g/mol. The standard InChI is InChI=1S/C33H33N3O4/c37-29(19-32-12-14-33(22-32,15-13-32)31(38)39)35-17-11-26-27-10-5-16-34-30(27)36(28(26)21-35)20-23-6-4-9-25(18-23)40-24-7-2-1-3-8-24/h1-10,16,18H,11-15,17,19-22H2,(H,38,39). The number of nitrogens with zero attached hydrogens (tertiary/aromatic N) is 3. The van der Waals surface area contributed by atoms with Gasteiger partial charge in [0.25, 0.3) is 0 Å². The number of hydrogen-bond acceptors (Lipinski definition) is 4. The van der Waals surface area contributed by atoms with E-state index in [0.29, 0.717) is 45.3 Å². The summed E-state index contributed by atoms with van der Waals surface area (Å²) in [5, 5.41) is 10.9. The van der Waals surface area contributed by atoms with Crippen LogP contribution in [0.1, 0.15) is 55.3 Å². The molecule has 2 saturated carbocycles. The van der Waals surface area contributed by atoms with Gasteiger partial charge in [-0.25, -0.2) is 4.98 Å². The number of amides is 1. The Morgan fingerprint density at radius 1 is 0.950 bits per heavy atom. The first-order valence-electron chi connectivity index (χ1n) is 14.2. The SMILES string of the molecule is O=C(CC12CCC(C(=O)O)(CC1)C2)N1CCc2c(n(Cc3cccc(Oc4ccccc4)c3)c3ncccc23)C1. The Bertz CT molecular complexity index is 1600. The average Bonchev–Trinajstić information content (AvgIpc) is 3.63. The summed E-state index contributed by atoms with van der Waals surface area (Å²) in [5.74, 6) is 1.04. The lowest BCUT2D eigenvalue weighted by Crippen LogP contribution is -2.39. The van der Waals surface area contributed by atoms with Crippen LogP contribution in [0.4, 0.5) is 0 Å². The van der Waals surface area contributed by atoms with Crippen LogP contribution >= 0.6 is 0 Å². The van der Waals surface area contributed by atoms with Crippen molar-refractivity contribution in [3.05, 3.63) is 89.7 Å². The first-order chi connectivity index (χ1) is 19.4. The Kier molecular flexibility index (Phi) is 5.91. The zero-order chi connectivity index (χ0) is 27.3. The molecule has 4 aromatic rings. The lowest BCUT2D eigenvalue weighted by atomic mass is 9.80. The minimum absolute atomic E-state index is 0.150. The van der Waals surface area contributed by atoms with Gasteiger partial charge in [-0.3, -0.25) is 9.59 Å². The van der Waals surface area contributed by atoms with Crippen molar-refractivity contribution in [1.82, 2.24) is 14.5 Å². The molecule has 2 aliphatic carbocycles. The number of fused-ring (bicyclic) bond motifs is 5. The fraction of sp³-hybridized carbons (Fsp3) is 0.364. The molecule has 7 heteroatoms. The summed E-state index contributed by atoms with van der Waals surface area (Å²) in [6.07, 6.45) is 6.81. The number of benzene rings is 2. The number of carbonyl (C=O) groups is 2. The zero-order valence-corrected chi connectivity index (χ0v) is 22.5. The Hall–Kier alpha value is -4.13. The number of rotatable bonds is 7. The van der Waals surface area contributed by atoms with Crippen molar-refractivity contribution in [3.63, 3.8) is 0 Å². The summed E-state index contributed by atoms with van der Waals surface area (Å²) in [6.45, 7) is 1.85. The first kappa shape index (κ1) is 24.9. The monoisotopic (exact) mass is 535 g/mol. The van der Waals surface area contributed by atoms with Gasteiger partial charge in [-0.15, -0.1) is 0 Å². The molecular formula is C33H33N3O4. The van der Waals surface area contributed by atoms with Crippen molar-refractivity contribution < 1.29 is 19.4 Å². The van der Waals surface area contributed by atoms with Gasteiger partial charge in [-0.2, -0.15) is 0 Å². The van der Waals surface area contributed by atoms with E-state index in [0.717, 1.165) is 53.1 Å². The van der Waals surface area contributed by atoms with Crippen LogP contribution in [0.3, 0.4) is 0 Å². The second-order valence-electron chi connectivity index (χ2n) is 12.0. The molecule has 1 amide bonds. The molecule has 3 aliphatic rings. The minimum Gasteiger partial charge on any atom is -0.481 e. The van der Waals surface area contributed by atoms with Crippen molar-refractivity contribution in [3.8, 4) is 11.5 Å². The van der Waals surface area contributed by atoms with Crippen LogP contribution in [0.5, 0.6) is 11.5 Å². The Labute approximate surface area is 233 Å². The maximum Gasteiger partial charge on any atom is 0.309 e. The van der Waals surface area contributed by atoms with Crippen molar-refractivity contribution >= 4 is 22.9 Å². The second kappa shape index (κ2) is 9.51. The summed E-state index contributed by atoms with van der Waals surface area (Å²) >= 11 is 0. The fourth-order valence-corrected chi connectivity index (χ4v) is 7.45. The largest absolute Gasteiger partial charge is 0.481 e. The molecule has 0 unspecified atom stereocenters. The molecule has 0 saturated heterocycles. The molecule has 2 aromatic heterocycles. The molecule has 0 atom stereocenters. The zero-order valence-electron chi connectivity index (χ0n) is 22.5. The number of para-hydroxylation sites is 1. The van der Waals surface area contributed by atoms with Gasteiger partial charge in [0.2, 0.25) is 5.91 Å². The van der Waals surface area contributed by atoms with Crippen LogP contribution in [0.2, 0.25) is 0 Å². The number of aromatic nitrogens is 2. The normalized spacial score (nSPS) is 23.4. The Balaban J connectivity index is 1.14. The van der Waals surface area contributed by atoms with Crippen molar-refractivity contribution in [2.45, 2.75) is 58.0 Å². The van der Waals surface area contributed by atoms with E-state index in [-0.39, 0.29) is 11.3 Å². The maximum atomic E-state index is 13.7. The van der Waals surface area contributed by atoms with Gasteiger partial charge in [-0.05, 0) is 91.5 Å². The number of ether oxygens (including phenoxy) is 1. The smallest absolute Gasteiger partial charge is 0.309 e. The highest BCUT2D eigenvalue weighted by Crippen LogP contribution is 2.63. The van der Waals surface area contributed by atoms with Crippen molar-refractivity contribution in [2.75, 3.05) is 6.54 Å². The summed E-state index contributed by atoms with van der Waals surface area (Å²) in [6, 6.07) is 22.0. The summed E-state index contributed by atoms with van der Waals surface area (Å²) in [4.78, 5) is 32.3. The van der Waals surface area contributed by atoms with E-state index >= 15 is 0 Å². The molecule has 204 valence electrons. The summed E-state index contributed by atoms with van der Waals surface area (Å²) in [7, 11) is 0. The van der Waals surface area contributed by atoms with Gasteiger partial charge in [0.05, 0.1) is 12.0 Å². The minimum atomic E-state index is -0.683. The van der Waals surface area contributed by atoms with Crippen LogP contribution in [0.25, 0.3) is 11.0 Å². The number of aliphatic carboxylic acids is 1. The van der Waals surface area contributed by atoms with E-state index < -0.39 is 11.4 Å². The molecule has 40 heavy (non-hydrogen) atoms. The quantitative estimate of drug-likeness (QED) is 0.305. The second-order valence-corrected chi connectivity index (χ2v) is 12.0. The predicted octanol–water partition coefficient (Wildman–Crippen LogP) is 6.19. The molecule has 3 heterocycles.